The first-order valence-electron chi connectivity index (χ1n) is 6.33. The van der Waals surface area contributed by atoms with Gasteiger partial charge < -0.3 is 5.73 Å². The van der Waals surface area contributed by atoms with Crippen LogP contribution in [0, 0.1) is 6.92 Å². The van der Waals surface area contributed by atoms with Crippen molar-refractivity contribution in [3.8, 4) is 0 Å². The maximum absolute atomic E-state index is 12.2. The summed E-state index contributed by atoms with van der Waals surface area (Å²) >= 11 is 5.94. The van der Waals surface area contributed by atoms with Crippen LogP contribution in [-0.4, -0.2) is 24.7 Å². The molecular formula is C13H17ClN4O2S. The summed E-state index contributed by atoms with van der Waals surface area (Å²) in [5.74, 6) is 0. The van der Waals surface area contributed by atoms with Gasteiger partial charge in [0.05, 0.1) is 21.3 Å². The number of nitrogens with zero attached hydrogens (tertiary/aromatic N) is 2. The zero-order valence-electron chi connectivity index (χ0n) is 11.8. The van der Waals surface area contributed by atoms with E-state index in [1.54, 1.807) is 11.6 Å². The molecule has 2 rings (SSSR count). The van der Waals surface area contributed by atoms with Crippen molar-refractivity contribution in [3.05, 3.63) is 40.7 Å². The third kappa shape index (κ3) is 3.75. The molecule has 0 aliphatic carbocycles. The van der Waals surface area contributed by atoms with Crippen LogP contribution in [0.15, 0.2) is 29.3 Å². The highest BCUT2D eigenvalue weighted by Gasteiger charge is 2.16. The first-order valence-corrected chi connectivity index (χ1v) is 8.19. The molecule has 0 fully saturated rings. The van der Waals surface area contributed by atoms with Crippen molar-refractivity contribution in [3.63, 3.8) is 0 Å². The minimum Gasteiger partial charge on any atom is -0.397 e. The van der Waals surface area contributed by atoms with Crippen LogP contribution in [0.1, 0.15) is 11.3 Å². The third-order valence-corrected chi connectivity index (χ3v) is 4.97. The van der Waals surface area contributed by atoms with Crippen LogP contribution in [0.4, 0.5) is 5.69 Å². The van der Waals surface area contributed by atoms with Gasteiger partial charge in [0.1, 0.15) is 0 Å². The van der Waals surface area contributed by atoms with Crippen LogP contribution in [0.25, 0.3) is 0 Å². The molecule has 0 amide bonds. The highest BCUT2D eigenvalue weighted by Crippen LogP contribution is 2.26. The summed E-state index contributed by atoms with van der Waals surface area (Å²) in [5.41, 5.74) is 7.41. The Morgan fingerprint density at radius 2 is 2.14 bits per heavy atom. The number of hydrogen-bond acceptors (Lipinski definition) is 4. The van der Waals surface area contributed by atoms with E-state index in [4.69, 9.17) is 17.3 Å². The van der Waals surface area contributed by atoms with Crippen molar-refractivity contribution in [1.29, 1.82) is 0 Å². The third-order valence-electron chi connectivity index (χ3n) is 3.01. The lowest BCUT2D eigenvalue weighted by molar-refractivity contribution is 0.581. The van der Waals surface area contributed by atoms with Crippen molar-refractivity contribution in [2.75, 3.05) is 12.3 Å². The van der Waals surface area contributed by atoms with Crippen molar-refractivity contribution in [2.45, 2.75) is 18.2 Å². The number of nitrogens with one attached hydrogen (secondary N) is 1. The number of halogens is 1. The average Bonchev–Trinajstić information content (AvgIpc) is 2.81. The molecule has 0 radical (unpaired) electrons. The molecule has 1 aromatic heterocycles. The monoisotopic (exact) mass is 328 g/mol. The quantitative estimate of drug-likeness (QED) is 0.814. The minimum atomic E-state index is -3.61. The topological polar surface area (TPSA) is 90.0 Å². The van der Waals surface area contributed by atoms with Crippen LogP contribution < -0.4 is 10.5 Å². The van der Waals surface area contributed by atoms with Gasteiger partial charge in [-0.15, -0.1) is 0 Å². The second-order valence-corrected chi connectivity index (χ2v) is 6.92. The molecule has 21 heavy (non-hydrogen) atoms. The molecule has 0 saturated carbocycles. The molecule has 1 aromatic carbocycles. The summed E-state index contributed by atoms with van der Waals surface area (Å²) in [5, 5.41) is 4.56. The van der Waals surface area contributed by atoms with Crippen LogP contribution in [0.5, 0.6) is 0 Å². The summed E-state index contributed by atoms with van der Waals surface area (Å²) in [7, 11) is -1.80. The number of anilines is 1. The van der Waals surface area contributed by atoms with Gasteiger partial charge in [0, 0.05) is 26.2 Å². The largest absolute Gasteiger partial charge is 0.397 e. The summed E-state index contributed by atoms with van der Waals surface area (Å²) in [6.07, 6.45) is 2.33. The molecule has 3 N–H and O–H groups in total. The first-order chi connectivity index (χ1) is 9.79. The Balaban J connectivity index is 2.08. The minimum absolute atomic E-state index is 0.114. The van der Waals surface area contributed by atoms with E-state index in [2.05, 4.69) is 9.82 Å². The van der Waals surface area contributed by atoms with Gasteiger partial charge in [-0.1, -0.05) is 11.6 Å². The lowest BCUT2D eigenvalue weighted by atomic mass is 10.2. The van der Waals surface area contributed by atoms with Gasteiger partial charge in [0.15, 0.2) is 0 Å². The van der Waals surface area contributed by atoms with Gasteiger partial charge in [-0.3, -0.25) is 4.68 Å². The van der Waals surface area contributed by atoms with E-state index in [0.717, 1.165) is 5.69 Å². The highest BCUT2D eigenvalue weighted by molar-refractivity contribution is 7.89. The van der Waals surface area contributed by atoms with E-state index in [1.807, 2.05) is 19.3 Å². The van der Waals surface area contributed by atoms with Crippen molar-refractivity contribution in [2.24, 2.45) is 7.05 Å². The Hall–Kier alpha value is -1.57. The van der Waals surface area contributed by atoms with E-state index in [-0.39, 0.29) is 17.1 Å². The average molecular weight is 329 g/mol. The molecule has 0 atom stereocenters. The van der Waals surface area contributed by atoms with E-state index in [0.29, 0.717) is 17.0 Å². The Labute approximate surface area is 129 Å². The molecule has 114 valence electrons. The number of benzene rings is 1. The van der Waals surface area contributed by atoms with Crippen molar-refractivity contribution < 1.29 is 8.42 Å². The standard InChI is InChI=1S/C13H17ClN4O2S/c1-9-7-11(8-12(15)13(9)14)21(19,20)16-5-3-10-4-6-18(2)17-10/h4,6-8,16H,3,5,15H2,1-2H3. The number of aromatic nitrogens is 2. The van der Waals surface area contributed by atoms with E-state index in [9.17, 15) is 8.42 Å². The maximum Gasteiger partial charge on any atom is 0.240 e. The second kappa shape index (κ2) is 6.05. The molecule has 0 spiro atoms. The SMILES string of the molecule is Cc1cc(S(=O)(=O)NCCc2ccn(C)n2)cc(N)c1Cl. The first kappa shape index (κ1) is 15.8. The van der Waals surface area contributed by atoms with Gasteiger partial charge >= 0.3 is 0 Å². The fourth-order valence-electron chi connectivity index (χ4n) is 1.91. The van der Waals surface area contributed by atoms with Crippen LogP contribution >= 0.6 is 11.6 Å². The molecule has 0 bridgehead atoms. The molecule has 0 unspecified atom stereocenters. The molecule has 2 aromatic rings. The number of aryl methyl sites for hydroxylation is 2. The molecule has 0 aliphatic heterocycles. The Morgan fingerprint density at radius 3 is 2.71 bits per heavy atom. The van der Waals surface area contributed by atoms with Crippen molar-refractivity contribution >= 4 is 27.3 Å². The lowest BCUT2D eigenvalue weighted by Gasteiger charge is -2.09. The Morgan fingerprint density at radius 1 is 1.43 bits per heavy atom. The number of rotatable bonds is 5. The van der Waals surface area contributed by atoms with Gasteiger partial charge in [-0.2, -0.15) is 5.10 Å². The lowest BCUT2D eigenvalue weighted by Crippen LogP contribution is -2.26. The van der Waals surface area contributed by atoms with Gasteiger partial charge in [-0.05, 0) is 30.7 Å². The molecule has 8 heteroatoms. The fourth-order valence-corrected chi connectivity index (χ4v) is 3.17. The molecule has 1 heterocycles. The Kier molecular flexibility index (Phi) is 4.55. The predicted octanol–water partition coefficient (Wildman–Crippen LogP) is 1.49. The normalized spacial score (nSPS) is 11.8. The van der Waals surface area contributed by atoms with Gasteiger partial charge in [-0.25, -0.2) is 13.1 Å². The van der Waals surface area contributed by atoms with Crippen LogP contribution in [0.2, 0.25) is 5.02 Å². The van der Waals surface area contributed by atoms with E-state index < -0.39 is 10.0 Å². The van der Waals surface area contributed by atoms with Crippen LogP contribution in [0.3, 0.4) is 0 Å². The predicted molar refractivity (Wildman–Crippen MR) is 82.7 cm³/mol. The van der Waals surface area contributed by atoms with Crippen LogP contribution in [-0.2, 0) is 23.5 Å². The second-order valence-electron chi connectivity index (χ2n) is 4.77. The molecule has 0 saturated heterocycles. The number of nitrogen functional groups attached to an aromatic ring is 1. The van der Waals surface area contributed by atoms with E-state index in [1.165, 1.54) is 12.1 Å². The maximum atomic E-state index is 12.2. The van der Waals surface area contributed by atoms with E-state index >= 15 is 0 Å². The van der Waals surface area contributed by atoms with Gasteiger partial charge in [0.25, 0.3) is 0 Å². The van der Waals surface area contributed by atoms with Crippen molar-refractivity contribution in [1.82, 2.24) is 14.5 Å². The number of hydrogen-bond donors (Lipinski definition) is 2. The summed E-state index contributed by atoms with van der Waals surface area (Å²) in [6, 6.07) is 4.71. The molecule has 6 nitrogen and oxygen atoms in total. The molecule has 0 aliphatic rings. The number of nitrogens with two attached hydrogens (primary N) is 1. The Bertz CT molecular complexity index is 732. The molecular weight excluding hydrogens is 312 g/mol. The summed E-state index contributed by atoms with van der Waals surface area (Å²) in [6.45, 7) is 1.98. The zero-order chi connectivity index (χ0) is 15.6. The smallest absolute Gasteiger partial charge is 0.240 e. The zero-order valence-corrected chi connectivity index (χ0v) is 13.4. The van der Waals surface area contributed by atoms with Gasteiger partial charge in [0.2, 0.25) is 10.0 Å². The highest BCUT2D eigenvalue weighted by atomic mass is 35.5. The summed E-state index contributed by atoms with van der Waals surface area (Å²) < 4.78 is 28.6. The number of sulfonamides is 1. The summed E-state index contributed by atoms with van der Waals surface area (Å²) in [4.78, 5) is 0.114. The fraction of sp³-hybridized carbons (Fsp3) is 0.308.